The Bertz CT molecular complexity index is 367. The number of aromatic nitrogens is 2. The van der Waals surface area contributed by atoms with Crippen LogP contribution in [0.4, 0.5) is 0 Å². The molecule has 0 saturated heterocycles. The van der Waals surface area contributed by atoms with Crippen LogP contribution in [0.1, 0.15) is 52.6 Å². The second kappa shape index (κ2) is 5.38. The van der Waals surface area contributed by atoms with E-state index in [1.54, 1.807) is 0 Å². The van der Waals surface area contributed by atoms with Crippen molar-refractivity contribution >= 4 is 11.8 Å². The molecule has 1 heterocycles. The predicted molar refractivity (Wildman–Crippen MR) is 76.6 cm³/mol. The van der Waals surface area contributed by atoms with Gasteiger partial charge in [-0.25, -0.2) is 9.97 Å². The zero-order valence-electron chi connectivity index (χ0n) is 11.9. The Morgan fingerprint density at radius 3 is 2.35 bits per heavy atom. The molecule has 0 unspecified atom stereocenters. The molecule has 0 spiro atoms. The van der Waals surface area contributed by atoms with E-state index in [0.717, 1.165) is 24.4 Å². The fourth-order valence-corrected chi connectivity index (χ4v) is 1.76. The van der Waals surface area contributed by atoms with Crippen molar-refractivity contribution in [3.8, 4) is 0 Å². The first kappa shape index (κ1) is 14.5. The van der Waals surface area contributed by atoms with E-state index in [9.17, 15) is 0 Å². The molecule has 0 saturated carbocycles. The summed E-state index contributed by atoms with van der Waals surface area (Å²) < 4.78 is 0.307. The van der Waals surface area contributed by atoms with E-state index in [-0.39, 0.29) is 5.41 Å². The molecular weight excluding hydrogens is 228 g/mol. The average molecular weight is 252 g/mol. The number of hydrogen-bond donors (Lipinski definition) is 0. The summed E-state index contributed by atoms with van der Waals surface area (Å²) in [7, 11) is 0. The first-order chi connectivity index (χ1) is 7.74. The smallest absolute Gasteiger partial charge is 0.128 e. The molecule has 0 aliphatic heterocycles. The highest BCUT2D eigenvalue weighted by Gasteiger charge is 2.18. The summed E-state index contributed by atoms with van der Waals surface area (Å²) in [4.78, 5) is 9.03. The molecule has 0 aliphatic carbocycles. The SMILES string of the molecule is CSC(C)(C)CCc1nccc(C(C)(C)C)n1. The molecule has 1 aromatic rings. The van der Waals surface area contributed by atoms with Gasteiger partial charge in [-0.1, -0.05) is 34.6 Å². The van der Waals surface area contributed by atoms with Crippen molar-refractivity contribution < 1.29 is 0 Å². The summed E-state index contributed by atoms with van der Waals surface area (Å²) in [6.45, 7) is 11.1. The van der Waals surface area contributed by atoms with Gasteiger partial charge >= 0.3 is 0 Å². The largest absolute Gasteiger partial charge is 0.241 e. The fraction of sp³-hybridized carbons (Fsp3) is 0.714. The molecule has 0 aromatic carbocycles. The molecule has 0 bridgehead atoms. The van der Waals surface area contributed by atoms with E-state index in [1.807, 2.05) is 24.0 Å². The van der Waals surface area contributed by atoms with Crippen molar-refractivity contribution in [2.75, 3.05) is 6.26 Å². The lowest BCUT2D eigenvalue weighted by atomic mass is 9.92. The van der Waals surface area contributed by atoms with Crippen LogP contribution in [0.3, 0.4) is 0 Å². The van der Waals surface area contributed by atoms with E-state index in [1.165, 1.54) is 0 Å². The molecule has 1 rings (SSSR count). The molecule has 0 amide bonds. The molecule has 1 aromatic heterocycles. The van der Waals surface area contributed by atoms with E-state index >= 15 is 0 Å². The molecule has 0 N–H and O–H groups in total. The first-order valence-corrected chi connectivity index (χ1v) is 7.35. The van der Waals surface area contributed by atoms with E-state index in [0.29, 0.717) is 4.75 Å². The van der Waals surface area contributed by atoms with Crippen molar-refractivity contribution in [1.29, 1.82) is 0 Å². The molecule has 0 fully saturated rings. The lowest BCUT2D eigenvalue weighted by Crippen LogP contribution is -2.18. The Morgan fingerprint density at radius 1 is 1.18 bits per heavy atom. The summed E-state index contributed by atoms with van der Waals surface area (Å²) in [6, 6.07) is 2.02. The van der Waals surface area contributed by atoms with Crippen LogP contribution in [0.15, 0.2) is 12.3 Å². The number of rotatable bonds is 4. The van der Waals surface area contributed by atoms with Gasteiger partial charge in [0, 0.05) is 28.5 Å². The quantitative estimate of drug-likeness (QED) is 0.814. The zero-order chi connectivity index (χ0) is 13.1. The Kier molecular flexibility index (Phi) is 4.59. The Morgan fingerprint density at radius 2 is 1.82 bits per heavy atom. The highest BCUT2D eigenvalue weighted by molar-refractivity contribution is 7.99. The van der Waals surface area contributed by atoms with Gasteiger partial charge in [0.25, 0.3) is 0 Å². The average Bonchev–Trinajstić information content (AvgIpc) is 2.26. The van der Waals surface area contributed by atoms with Crippen LogP contribution in [-0.4, -0.2) is 21.0 Å². The molecule has 0 aliphatic rings. The molecule has 2 nitrogen and oxygen atoms in total. The molecular formula is C14H24N2S. The second-order valence-corrected chi connectivity index (χ2v) is 7.59. The third-order valence-electron chi connectivity index (χ3n) is 2.98. The van der Waals surface area contributed by atoms with Crippen LogP contribution < -0.4 is 0 Å². The minimum Gasteiger partial charge on any atom is -0.241 e. The number of aryl methyl sites for hydroxylation is 1. The molecule has 96 valence electrons. The maximum absolute atomic E-state index is 4.66. The summed E-state index contributed by atoms with van der Waals surface area (Å²) in [5.74, 6) is 0.972. The zero-order valence-corrected chi connectivity index (χ0v) is 12.7. The normalized spacial score (nSPS) is 12.8. The maximum Gasteiger partial charge on any atom is 0.128 e. The summed E-state index contributed by atoms with van der Waals surface area (Å²) in [5, 5.41) is 0. The fourth-order valence-electron chi connectivity index (χ4n) is 1.45. The third kappa shape index (κ3) is 4.66. The van der Waals surface area contributed by atoms with Gasteiger partial charge in [-0.3, -0.25) is 0 Å². The van der Waals surface area contributed by atoms with Crippen LogP contribution in [0.25, 0.3) is 0 Å². The monoisotopic (exact) mass is 252 g/mol. The number of thioether (sulfide) groups is 1. The topological polar surface area (TPSA) is 25.8 Å². The van der Waals surface area contributed by atoms with Gasteiger partial charge in [0.15, 0.2) is 0 Å². The van der Waals surface area contributed by atoms with Gasteiger partial charge < -0.3 is 0 Å². The lowest BCUT2D eigenvalue weighted by Gasteiger charge is -2.22. The second-order valence-electron chi connectivity index (χ2n) is 6.07. The molecule has 17 heavy (non-hydrogen) atoms. The van der Waals surface area contributed by atoms with Crippen LogP contribution >= 0.6 is 11.8 Å². The van der Waals surface area contributed by atoms with E-state index in [4.69, 9.17) is 0 Å². The van der Waals surface area contributed by atoms with Crippen molar-refractivity contribution in [3.05, 3.63) is 23.8 Å². The van der Waals surface area contributed by atoms with Gasteiger partial charge in [0.05, 0.1) is 0 Å². The third-order valence-corrected chi connectivity index (χ3v) is 4.29. The maximum atomic E-state index is 4.66. The first-order valence-electron chi connectivity index (χ1n) is 6.12. The number of nitrogens with zero attached hydrogens (tertiary/aromatic N) is 2. The minimum absolute atomic E-state index is 0.104. The van der Waals surface area contributed by atoms with Crippen LogP contribution in [-0.2, 0) is 11.8 Å². The summed E-state index contributed by atoms with van der Waals surface area (Å²) >= 11 is 1.90. The summed E-state index contributed by atoms with van der Waals surface area (Å²) in [6.07, 6.45) is 6.11. The Hall–Kier alpha value is -0.570. The Labute approximate surface area is 110 Å². The van der Waals surface area contributed by atoms with Crippen LogP contribution in [0.5, 0.6) is 0 Å². The highest BCUT2D eigenvalue weighted by Crippen LogP contribution is 2.26. The summed E-state index contributed by atoms with van der Waals surface area (Å²) in [5.41, 5.74) is 1.23. The van der Waals surface area contributed by atoms with Gasteiger partial charge in [0.1, 0.15) is 5.82 Å². The van der Waals surface area contributed by atoms with Crippen LogP contribution in [0.2, 0.25) is 0 Å². The van der Waals surface area contributed by atoms with Crippen molar-refractivity contribution in [1.82, 2.24) is 9.97 Å². The lowest BCUT2D eigenvalue weighted by molar-refractivity contribution is 0.555. The van der Waals surface area contributed by atoms with E-state index < -0.39 is 0 Å². The highest BCUT2D eigenvalue weighted by atomic mass is 32.2. The Balaban J connectivity index is 2.74. The predicted octanol–water partition coefficient (Wildman–Crippen LogP) is 3.85. The van der Waals surface area contributed by atoms with E-state index in [2.05, 4.69) is 50.8 Å². The van der Waals surface area contributed by atoms with Gasteiger partial charge in [-0.2, -0.15) is 11.8 Å². The van der Waals surface area contributed by atoms with Gasteiger partial charge in [-0.15, -0.1) is 0 Å². The van der Waals surface area contributed by atoms with Gasteiger partial charge in [-0.05, 0) is 18.7 Å². The van der Waals surface area contributed by atoms with Gasteiger partial charge in [0.2, 0.25) is 0 Å². The molecule has 3 heteroatoms. The standard InChI is InChI=1S/C14H24N2S/c1-13(2,3)11-8-10-15-12(16-11)7-9-14(4,5)17-6/h8,10H,7,9H2,1-6H3. The van der Waals surface area contributed by atoms with Crippen LogP contribution in [0, 0.1) is 0 Å². The minimum atomic E-state index is 0.104. The van der Waals surface area contributed by atoms with Crippen molar-refractivity contribution in [2.45, 2.75) is 57.6 Å². The van der Waals surface area contributed by atoms with Crippen molar-refractivity contribution in [3.63, 3.8) is 0 Å². The molecule has 0 radical (unpaired) electrons. The molecule has 0 atom stereocenters. The van der Waals surface area contributed by atoms with Crippen molar-refractivity contribution in [2.24, 2.45) is 0 Å². The number of hydrogen-bond acceptors (Lipinski definition) is 3.